The zero-order valence-electron chi connectivity index (χ0n) is 12.0. The van der Waals surface area contributed by atoms with Crippen LogP contribution in [0.4, 0.5) is 29.2 Å². The van der Waals surface area contributed by atoms with Crippen molar-refractivity contribution in [2.45, 2.75) is 6.36 Å². The Morgan fingerprint density at radius 1 is 1.04 bits per heavy atom. The van der Waals surface area contributed by atoms with E-state index in [2.05, 4.69) is 20.1 Å². The highest BCUT2D eigenvalue weighted by Gasteiger charge is 2.31. The van der Waals surface area contributed by atoms with E-state index in [-0.39, 0.29) is 11.6 Å². The highest BCUT2D eigenvalue weighted by atomic mass is 19.4. The smallest absolute Gasteiger partial charge is 0.406 e. The van der Waals surface area contributed by atoms with Crippen molar-refractivity contribution in [2.75, 3.05) is 5.32 Å². The fourth-order valence-electron chi connectivity index (χ4n) is 1.94. The largest absolute Gasteiger partial charge is 0.573 e. The molecule has 0 saturated heterocycles. The van der Waals surface area contributed by atoms with E-state index in [4.69, 9.17) is 0 Å². The van der Waals surface area contributed by atoms with Gasteiger partial charge in [-0.05, 0) is 24.3 Å². The fourth-order valence-corrected chi connectivity index (χ4v) is 1.94. The van der Waals surface area contributed by atoms with Gasteiger partial charge in [-0.25, -0.2) is 9.07 Å². The quantitative estimate of drug-likeness (QED) is 0.729. The average Bonchev–Trinajstić information content (AvgIpc) is 2.99. The fraction of sp³-hybridized carbons (Fsp3) is 0.0667. The van der Waals surface area contributed by atoms with Crippen LogP contribution in [0.1, 0.15) is 0 Å². The first-order valence-corrected chi connectivity index (χ1v) is 6.70. The lowest BCUT2D eigenvalue weighted by Crippen LogP contribution is -2.17. The minimum absolute atomic E-state index is 0.0295. The highest BCUT2D eigenvalue weighted by Crippen LogP contribution is 2.28. The summed E-state index contributed by atoms with van der Waals surface area (Å²) in [6, 6.07) is 11.6. The van der Waals surface area contributed by atoms with Gasteiger partial charge in [0.05, 0.1) is 11.4 Å². The van der Waals surface area contributed by atoms with Crippen molar-refractivity contribution in [2.24, 2.45) is 0 Å². The maximum atomic E-state index is 13.8. The number of aromatic nitrogens is 3. The van der Waals surface area contributed by atoms with Gasteiger partial charge in [-0.1, -0.05) is 18.2 Å². The molecule has 3 rings (SSSR count). The Labute approximate surface area is 133 Å². The average molecular weight is 338 g/mol. The number of halogens is 4. The molecule has 1 aromatic heterocycles. The molecule has 0 unspecified atom stereocenters. The number of nitrogens with zero attached hydrogens (tertiary/aromatic N) is 3. The molecule has 0 atom stereocenters. The van der Waals surface area contributed by atoms with Crippen molar-refractivity contribution in [1.29, 1.82) is 0 Å². The number of alkyl halides is 3. The number of anilines is 2. The predicted octanol–water partition coefficient (Wildman–Crippen LogP) is 4.05. The first-order chi connectivity index (χ1) is 11.4. The predicted molar refractivity (Wildman–Crippen MR) is 77.7 cm³/mol. The SMILES string of the molecule is Fc1ccc(OC(F)(F)F)cc1Nc1ncn(-c2ccccc2)n1. The monoisotopic (exact) mass is 338 g/mol. The lowest BCUT2D eigenvalue weighted by molar-refractivity contribution is -0.274. The highest BCUT2D eigenvalue weighted by molar-refractivity contribution is 5.56. The van der Waals surface area contributed by atoms with E-state index in [1.54, 1.807) is 12.1 Å². The van der Waals surface area contributed by atoms with Crippen molar-refractivity contribution in [3.8, 4) is 11.4 Å². The Bertz CT molecular complexity index is 833. The maximum absolute atomic E-state index is 13.8. The van der Waals surface area contributed by atoms with E-state index in [9.17, 15) is 17.6 Å². The minimum atomic E-state index is -4.86. The Hall–Kier alpha value is -3.10. The molecule has 3 aromatic rings. The van der Waals surface area contributed by atoms with Crippen LogP contribution in [0.3, 0.4) is 0 Å². The summed E-state index contributed by atoms with van der Waals surface area (Å²) in [4.78, 5) is 3.94. The van der Waals surface area contributed by atoms with Gasteiger partial charge < -0.3 is 10.1 Å². The molecule has 0 radical (unpaired) electrons. The number of hydrogen-bond acceptors (Lipinski definition) is 4. The Morgan fingerprint density at radius 2 is 1.79 bits per heavy atom. The zero-order valence-corrected chi connectivity index (χ0v) is 12.0. The van der Waals surface area contributed by atoms with E-state index in [1.165, 1.54) is 11.0 Å². The lowest BCUT2D eigenvalue weighted by atomic mass is 10.3. The van der Waals surface area contributed by atoms with Gasteiger partial charge >= 0.3 is 6.36 Å². The number of ether oxygens (including phenoxy) is 1. The van der Waals surface area contributed by atoms with E-state index < -0.39 is 17.9 Å². The Balaban J connectivity index is 1.81. The molecule has 2 aromatic carbocycles. The Morgan fingerprint density at radius 3 is 2.50 bits per heavy atom. The molecule has 0 fully saturated rings. The summed E-state index contributed by atoms with van der Waals surface area (Å²) in [5, 5.41) is 6.61. The number of benzene rings is 2. The summed E-state index contributed by atoms with van der Waals surface area (Å²) >= 11 is 0. The van der Waals surface area contributed by atoms with E-state index in [0.717, 1.165) is 23.9 Å². The molecule has 0 bridgehead atoms. The van der Waals surface area contributed by atoms with Crippen LogP contribution < -0.4 is 10.1 Å². The number of rotatable bonds is 4. The van der Waals surface area contributed by atoms with Crippen molar-refractivity contribution < 1.29 is 22.3 Å². The number of nitrogens with one attached hydrogen (secondary N) is 1. The summed E-state index contributed by atoms with van der Waals surface area (Å²) in [5.74, 6) is -1.28. The van der Waals surface area contributed by atoms with E-state index in [1.807, 2.05) is 18.2 Å². The third kappa shape index (κ3) is 3.80. The molecule has 5 nitrogen and oxygen atoms in total. The first kappa shape index (κ1) is 15.8. The molecule has 0 amide bonds. The van der Waals surface area contributed by atoms with Crippen LogP contribution in [0.5, 0.6) is 5.75 Å². The first-order valence-electron chi connectivity index (χ1n) is 6.70. The van der Waals surface area contributed by atoms with Crippen molar-refractivity contribution in [1.82, 2.24) is 14.8 Å². The van der Waals surface area contributed by atoms with Crippen LogP contribution in [-0.2, 0) is 0 Å². The number of para-hydroxylation sites is 1. The normalized spacial score (nSPS) is 11.3. The van der Waals surface area contributed by atoms with E-state index >= 15 is 0 Å². The summed E-state index contributed by atoms with van der Waals surface area (Å²) < 4.78 is 55.6. The van der Waals surface area contributed by atoms with Gasteiger partial charge in [0.2, 0.25) is 5.95 Å². The van der Waals surface area contributed by atoms with Crippen LogP contribution in [0.25, 0.3) is 5.69 Å². The molecular weight excluding hydrogens is 328 g/mol. The molecule has 124 valence electrons. The molecule has 0 saturated carbocycles. The van der Waals surface area contributed by atoms with Crippen molar-refractivity contribution in [3.05, 3.63) is 60.7 Å². The molecule has 0 aliphatic carbocycles. The van der Waals surface area contributed by atoms with Gasteiger partial charge in [0.1, 0.15) is 17.9 Å². The molecule has 1 heterocycles. The van der Waals surface area contributed by atoms with Gasteiger partial charge in [0, 0.05) is 6.07 Å². The Kier molecular flexibility index (Phi) is 4.07. The van der Waals surface area contributed by atoms with Crippen LogP contribution in [-0.4, -0.2) is 21.1 Å². The third-order valence-electron chi connectivity index (χ3n) is 2.93. The molecule has 1 N–H and O–H groups in total. The topological polar surface area (TPSA) is 52.0 Å². The number of hydrogen-bond donors (Lipinski definition) is 1. The molecule has 0 aliphatic heterocycles. The second kappa shape index (κ2) is 6.19. The van der Waals surface area contributed by atoms with E-state index in [0.29, 0.717) is 0 Å². The molecule has 24 heavy (non-hydrogen) atoms. The lowest BCUT2D eigenvalue weighted by Gasteiger charge is -2.10. The second-order valence-electron chi connectivity index (χ2n) is 4.66. The summed E-state index contributed by atoms with van der Waals surface area (Å²) in [6.07, 6.45) is -3.46. The van der Waals surface area contributed by atoms with Gasteiger partial charge in [0.15, 0.2) is 0 Å². The van der Waals surface area contributed by atoms with Gasteiger partial charge in [0.25, 0.3) is 0 Å². The van der Waals surface area contributed by atoms with Gasteiger partial charge in [-0.2, -0.15) is 4.98 Å². The second-order valence-corrected chi connectivity index (χ2v) is 4.66. The standard InChI is InChI=1S/C15H10F4N4O/c16-12-7-6-11(24-15(17,18)19)8-13(12)21-14-20-9-23(22-14)10-4-2-1-3-5-10/h1-9H,(H,21,22). The summed E-state index contributed by atoms with van der Waals surface area (Å²) in [7, 11) is 0. The maximum Gasteiger partial charge on any atom is 0.573 e. The van der Waals surface area contributed by atoms with Crippen LogP contribution in [0.15, 0.2) is 54.9 Å². The summed E-state index contributed by atoms with van der Waals surface area (Å²) in [6.45, 7) is 0. The van der Waals surface area contributed by atoms with Crippen molar-refractivity contribution >= 4 is 11.6 Å². The van der Waals surface area contributed by atoms with Crippen LogP contribution >= 0.6 is 0 Å². The van der Waals surface area contributed by atoms with Gasteiger partial charge in [-0.3, -0.25) is 0 Å². The molecule has 0 aliphatic rings. The summed E-state index contributed by atoms with van der Waals surface area (Å²) in [5.41, 5.74) is 0.496. The minimum Gasteiger partial charge on any atom is -0.406 e. The third-order valence-corrected chi connectivity index (χ3v) is 2.93. The van der Waals surface area contributed by atoms with Gasteiger partial charge in [-0.15, -0.1) is 18.3 Å². The van der Waals surface area contributed by atoms with Crippen molar-refractivity contribution in [3.63, 3.8) is 0 Å². The molecule has 9 heteroatoms. The van der Waals surface area contributed by atoms with Crippen LogP contribution in [0, 0.1) is 5.82 Å². The zero-order chi connectivity index (χ0) is 17.2. The molecule has 0 spiro atoms. The van der Waals surface area contributed by atoms with Crippen LogP contribution in [0.2, 0.25) is 0 Å². The molecular formula is C15H10F4N4O.